The number of rotatable bonds is 6. The molecule has 0 spiro atoms. The van der Waals surface area contributed by atoms with Crippen molar-refractivity contribution in [2.75, 3.05) is 12.4 Å². The summed E-state index contributed by atoms with van der Waals surface area (Å²) >= 11 is 0. The molecule has 1 amide bonds. The molecule has 0 fully saturated rings. The Bertz CT molecular complexity index is 882. The van der Waals surface area contributed by atoms with E-state index in [2.05, 4.69) is 15.5 Å². The van der Waals surface area contributed by atoms with Gasteiger partial charge in [-0.3, -0.25) is 9.89 Å². The molecule has 0 saturated heterocycles. The van der Waals surface area contributed by atoms with Crippen molar-refractivity contribution >= 4 is 11.7 Å². The number of aryl methyl sites for hydroxylation is 1. The van der Waals surface area contributed by atoms with Crippen molar-refractivity contribution < 1.29 is 18.7 Å². The lowest BCUT2D eigenvalue weighted by molar-refractivity contribution is 0.0992. The molecule has 1 aromatic carbocycles. The number of carbonyl (C=O) groups excluding carboxylic acids is 1. The first-order valence-corrected chi connectivity index (χ1v) is 7.76. The highest BCUT2D eigenvalue weighted by Crippen LogP contribution is 2.27. The minimum absolute atomic E-state index is 0.189. The van der Waals surface area contributed by atoms with Gasteiger partial charge in [-0.2, -0.15) is 5.10 Å². The van der Waals surface area contributed by atoms with E-state index in [0.29, 0.717) is 23.1 Å². The van der Waals surface area contributed by atoms with Crippen molar-refractivity contribution in [3.63, 3.8) is 0 Å². The summed E-state index contributed by atoms with van der Waals surface area (Å²) in [6, 6.07) is 10.6. The highest BCUT2D eigenvalue weighted by Gasteiger charge is 2.15. The van der Waals surface area contributed by atoms with Crippen molar-refractivity contribution in [1.29, 1.82) is 0 Å². The van der Waals surface area contributed by atoms with Crippen LogP contribution in [0.4, 0.5) is 5.82 Å². The van der Waals surface area contributed by atoms with Gasteiger partial charge < -0.3 is 19.2 Å². The Morgan fingerprint density at radius 2 is 1.96 bits per heavy atom. The van der Waals surface area contributed by atoms with Crippen LogP contribution in [0.1, 0.15) is 27.6 Å². The van der Waals surface area contributed by atoms with Gasteiger partial charge in [-0.05, 0) is 38.1 Å². The Morgan fingerprint density at radius 1 is 1.20 bits per heavy atom. The number of aromatic nitrogens is 2. The summed E-state index contributed by atoms with van der Waals surface area (Å²) in [5.41, 5.74) is 1.79. The van der Waals surface area contributed by atoms with E-state index < -0.39 is 0 Å². The third-order valence-corrected chi connectivity index (χ3v) is 3.81. The molecule has 3 aromatic rings. The normalized spacial score (nSPS) is 10.5. The largest absolute Gasteiger partial charge is 0.493 e. The first-order valence-electron chi connectivity index (χ1n) is 7.76. The molecule has 2 heterocycles. The van der Waals surface area contributed by atoms with Crippen LogP contribution in [0.3, 0.4) is 0 Å². The summed E-state index contributed by atoms with van der Waals surface area (Å²) in [5.74, 6) is 2.10. The number of furan rings is 1. The molecule has 0 bridgehead atoms. The minimum Gasteiger partial charge on any atom is -0.493 e. The zero-order valence-corrected chi connectivity index (χ0v) is 14.3. The van der Waals surface area contributed by atoms with E-state index in [0.717, 1.165) is 11.3 Å². The van der Waals surface area contributed by atoms with E-state index in [1.807, 2.05) is 32.0 Å². The molecule has 7 heteroatoms. The molecule has 0 unspecified atom stereocenters. The van der Waals surface area contributed by atoms with Crippen molar-refractivity contribution in [2.24, 2.45) is 0 Å². The average molecular weight is 341 g/mol. The van der Waals surface area contributed by atoms with E-state index in [1.165, 1.54) is 0 Å². The lowest BCUT2D eigenvalue weighted by Crippen LogP contribution is -2.12. The topological polar surface area (TPSA) is 89.4 Å². The van der Waals surface area contributed by atoms with E-state index in [-0.39, 0.29) is 18.3 Å². The van der Waals surface area contributed by atoms with Crippen LogP contribution in [0.2, 0.25) is 0 Å². The molecule has 0 saturated carbocycles. The zero-order valence-electron chi connectivity index (χ0n) is 14.3. The van der Waals surface area contributed by atoms with Crippen molar-refractivity contribution in [2.45, 2.75) is 20.5 Å². The van der Waals surface area contributed by atoms with Gasteiger partial charge in [0.15, 0.2) is 23.1 Å². The molecular weight excluding hydrogens is 322 g/mol. The fourth-order valence-corrected chi connectivity index (χ4v) is 2.24. The third kappa shape index (κ3) is 3.65. The number of para-hydroxylation sites is 2. The molecule has 25 heavy (non-hydrogen) atoms. The highest BCUT2D eigenvalue weighted by atomic mass is 16.5. The van der Waals surface area contributed by atoms with E-state index in [9.17, 15) is 4.79 Å². The first kappa shape index (κ1) is 16.6. The molecule has 0 aliphatic carbocycles. The van der Waals surface area contributed by atoms with Crippen LogP contribution in [-0.2, 0) is 6.61 Å². The molecule has 0 radical (unpaired) electrons. The van der Waals surface area contributed by atoms with E-state index in [4.69, 9.17) is 13.9 Å². The molecule has 2 aromatic heterocycles. The van der Waals surface area contributed by atoms with Gasteiger partial charge in [0.2, 0.25) is 0 Å². The number of nitrogens with zero attached hydrogens (tertiary/aromatic N) is 1. The second kappa shape index (κ2) is 7.12. The lowest BCUT2D eigenvalue weighted by atomic mass is 10.3. The first-order chi connectivity index (χ1) is 12.1. The maximum absolute atomic E-state index is 12.2. The number of hydrogen-bond donors (Lipinski definition) is 2. The summed E-state index contributed by atoms with van der Waals surface area (Å²) in [4.78, 5) is 12.2. The van der Waals surface area contributed by atoms with Gasteiger partial charge in [-0.15, -0.1) is 0 Å². The quantitative estimate of drug-likeness (QED) is 0.717. The fourth-order valence-electron chi connectivity index (χ4n) is 2.24. The Morgan fingerprint density at radius 3 is 2.64 bits per heavy atom. The molecule has 3 rings (SSSR count). The molecule has 0 aliphatic rings. The predicted molar refractivity (Wildman–Crippen MR) is 92.0 cm³/mol. The second-order valence-corrected chi connectivity index (χ2v) is 5.48. The molecule has 7 nitrogen and oxygen atoms in total. The standard InChI is InChI=1S/C18H19N3O4/c1-11-12(2)20-21-17(11)19-18(22)16-9-8-13(25-16)10-24-15-7-5-4-6-14(15)23-3/h4-9H,10H2,1-3H3,(H2,19,20,21,22). The molecule has 0 atom stereocenters. The number of benzene rings is 1. The van der Waals surface area contributed by atoms with E-state index in [1.54, 1.807) is 25.3 Å². The number of ether oxygens (including phenoxy) is 2. The molecule has 0 aliphatic heterocycles. The van der Waals surface area contributed by atoms with Crippen LogP contribution in [-0.4, -0.2) is 23.2 Å². The third-order valence-electron chi connectivity index (χ3n) is 3.81. The van der Waals surface area contributed by atoms with Crippen LogP contribution in [0.5, 0.6) is 11.5 Å². The molecule has 130 valence electrons. The maximum Gasteiger partial charge on any atom is 0.292 e. The number of methoxy groups -OCH3 is 1. The fraction of sp³-hybridized carbons (Fsp3) is 0.222. The van der Waals surface area contributed by atoms with Gasteiger partial charge in [0.1, 0.15) is 12.4 Å². The van der Waals surface area contributed by atoms with E-state index >= 15 is 0 Å². The number of anilines is 1. The summed E-state index contributed by atoms with van der Waals surface area (Å²) in [7, 11) is 1.58. The summed E-state index contributed by atoms with van der Waals surface area (Å²) < 4.78 is 16.5. The number of aromatic amines is 1. The lowest BCUT2D eigenvalue weighted by Gasteiger charge is -2.08. The Kier molecular flexibility index (Phi) is 4.74. The van der Waals surface area contributed by atoms with Crippen LogP contribution >= 0.6 is 0 Å². The number of nitrogens with one attached hydrogen (secondary N) is 2. The monoisotopic (exact) mass is 341 g/mol. The summed E-state index contributed by atoms with van der Waals surface area (Å²) in [6.45, 7) is 3.95. The maximum atomic E-state index is 12.2. The Labute approximate surface area is 145 Å². The van der Waals surface area contributed by atoms with Gasteiger partial charge in [-0.25, -0.2) is 0 Å². The second-order valence-electron chi connectivity index (χ2n) is 5.48. The highest BCUT2D eigenvalue weighted by molar-refractivity contribution is 6.02. The molecular formula is C18H19N3O4. The van der Waals surface area contributed by atoms with Crippen LogP contribution in [0.15, 0.2) is 40.8 Å². The van der Waals surface area contributed by atoms with Crippen molar-refractivity contribution in [1.82, 2.24) is 10.2 Å². The average Bonchev–Trinajstić information content (AvgIpc) is 3.22. The number of carbonyl (C=O) groups is 1. The van der Waals surface area contributed by atoms with Crippen molar-refractivity contribution in [3.8, 4) is 11.5 Å². The van der Waals surface area contributed by atoms with Gasteiger partial charge in [0.05, 0.1) is 7.11 Å². The molecule has 2 N–H and O–H groups in total. The van der Waals surface area contributed by atoms with Crippen LogP contribution < -0.4 is 14.8 Å². The SMILES string of the molecule is COc1ccccc1OCc1ccc(C(=O)Nc2n[nH]c(C)c2C)o1. The van der Waals surface area contributed by atoms with Crippen molar-refractivity contribution in [3.05, 3.63) is 59.2 Å². The predicted octanol–water partition coefficient (Wildman–Crippen LogP) is 3.46. The van der Waals surface area contributed by atoms with Gasteiger partial charge in [0.25, 0.3) is 5.91 Å². The summed E-state index contributed by atoms with van der Waals surface area (Å²) in [6.07, 6.45) is 0. The van der Waals surface area contributed by atoms with Crippen LogP contribution in [0.25, 0.3) is 0 Å². The number of H-pyrrole nitrogens is 1. The Hall–Kier alpha value is -3.22. The van der Waals surface area contributed by atoms with Gasteiger partial charge >= 0.3 is 0 Å². The number of hydrogen-bond acceptors (Lipinski definition) is 5. The minimum atomic E-state index is -0.363. The summed E-state index contributed by atoms with van der Waals surface area (Å²) in [5, 5.41) is 9.58. The van der Waals surface area contributed by atoms with Gasteiger partial charge in [-0.1, -0.05) is 12.1 Å². The zero-order chi connectivity index (χ0) is 17.8. The Balaban J connectivity index is 1.64. The number of amides is 1. The van der Waals surface area contributed by atoms with Crippen LogP contribution in [0, 0.1) is 13.8 Å². The van der Waals surface area contributed by atoms with Gasteiger partial charge in [0, 0.05) is 11.3 Å². The smallest absolute Gasteiger partial charge is 0.292 e.